The van der Waals surface area contributed by atoms with Gasteiger partial charge in [-0.1, -0.05) is 18.2 Å². The number of aromatic amines is 2. The summed E-state index contributed by atoms with van der Waals surface area (Å²) in [5, 5.41) is 15.9. The minimum atomic E-state index is -0.613. The Morgan fingerprint density at radius 2 is 2.10 bits per heavy atom. The minimum Gasteiger partial charge on any atom is -0.508 e. The molecule has 0 bridgehead atoms. The molecule has 0 saturated heterocycles. The van der Waals surface area contributed by atoms with Crippen LogP contribution in [0.4, 0.5) is 13.6 Å². The van der Waals surface area contributed by atoms with Crippen LogP contribution in [0.15, 0.2) is 53.3 Å². The summed E-state index contributed by atoms with van der Waals surface area (Å²) >= 11 is 0. The Balaban J connectivity index is 1.67. The number of phenolic OH excluding ortho intramolecular Hbond substituents is 1. The third-order valence-corrected chi connectivity index (χ3v) is 5.03. The molecule has 1 atom stereocenters. The fourth-order valence-corrected chi connectivity index (χ4v) is 3.60. The average Bonchev–Trinajstić information content (AvgIpc) is 3.35. The first kappa shape index (κ1) is 20.3. The van der Waals surface area contributed by atoms with Gasteiger partial charge in [-0.2, -0.15) is 5.10 Å². The number of carbonyl (C=O) groups is 1. The molecule has 2 heterocycles. The second kappa shape index (κ2) is 8.05. The van der Waals surface area contributed by atoms with Crippen LogP contribution in [-0.2, 0) is 6.54 Å². The summed E-state index contributed by atoms with van der Waals surface area (Å²) in [6.45, 7) is 0.0610. The van der Waals surface area contributed by atoms with E-state index in [4.69, 9.17) is 0 Å². The van der Waals surface area contributed by atoms with E-state index in [1.165, 1.54) is 29.0 Å². The van der Waals surface area contributed by atoms with Crippen molar-refractivity contribution >= 4 is 11.6 Å². The second-order valence-electron chi connectivity index (χ2n) is 7.25. The summed E-state index contributed by atoms with van der Waals surface area (Å²) in [7, 11) is 1.54. The quantitative estimate of drug-likeness (QED) is 0.595. The van der Waals surface area contributed by atoms with Crippen LogP contribution in [0.2, 0.25) is 0 Å². The van der Waals surface area contributed by atoms with Crippen molar-refractivity contribution in [3.8, 4) is 5.75 Å². The summed E-state index contributed by atoms with van der Waals surface area (Å²) in [4.78, 5) is 29.8. The highest BCUT2D eigenvalue weighted by Gasteiger charge is 2.33. The van der Waals surface area contributed by atoms with Gasteiger partial charge in [0, 0.05) is 19.2 Å². The highest BCUT2D eigenvalue weighted by atomic mass is 19.1. The smallest absolute Gasteiger partial charge is 0.340 e. The number of urea groups is 1. The maximum atomic E-state index is 14.4. The fraction of sp³-hybridized carbons (Fsp3) is 0.190. The Bertz CT molecular complexity index is 1220. The molecule has 0 saturated carbocycles. The van der Waals surface area contributed by atoms with Gasteiger partial charge in [-0.25, -0.2) is 23.5 Å². The van der Waals surface area contributed by atoms with E-state index >= 15 is 0 Å². The van der Waals surface area contributed by atoms with Crippen molar-refractivity contribution in [3.63, 3.8) is 0 Å². The van der Waals surface area contributed by atoms with E-state index in [2.05, 4.69) is 15.2 Å². The predicted octanol–water partition coefficient (Wildman–Crippen LogP) is 2.77. The Labute approximate surface area is 175 Å². The molecule has 0 aliphatic carbocycles. The number of nitrogens with one attached hydrogen (secondary N) is 2. The van der Waals surface area contributed by atoms with Gasteiger partial charge in [-0.15, -0.1) is 0 Å². The maximum absolute atomic E-state index is 14.4. The molecule has 1 aliphatic rings. The van der Waals surface area contributed by atoms with Crippen molar-refractivity contribution in [3.05, 3.63) is 87.6 Å². The van der Waals surface area contributed by atoms with Crippen LogP contribution in [0.1, 0.15) is 23.0 Å². The predicted molar refractivity (Wildman–Crippen MR) is 108 cm³/mol. The van der Waals surface area contributed by atoms with E-state index in [-0.39, 0.29) is 30.2 Å². The topological polar surface area (TPSA) is 105 Å². The molecule has 3 aromatic rings. The van der Waals surface area contributed by atoms with Gasteiger partial charge in [0.15, 0.2) is 5.82 Å². The number of hydrogen-bond acceptors (Lipinski definition) is 4. The van der Waals surface area contributed by atoms with Crippen molar-refractivity contribution in [2.75, 3.05) is 13.6 Å². The number of H-pyrrole nitrogens is 2. The van der Waals surface area contributed by atoms with Crippen LogP contribution in [0.5, 0.6) is 5.75 Å². The molecule has 0 fully saturated rings. The number of aromatic nitrogens is 3. The van der Waals surface area contributed by atoms with Crippen molar-refractivity contribution in [2.24, 2.45) is 0 Å². The summed E-state index contributed by atoms with van der Waals surface area (Å²) < 4.78 is 28.1. The summed E-state index contributed by atoms with van der Waals surface area (Å²) in [5.41, 5.74) is 0.641. The van der Waals surface area contributed by atoms with Crippen LogP contribution < -0.4 is 5.69 Å². The van der Waals surface area contributed by atoms with E-state index in [1.54, 1.807) is 18.2 Å². The van der Waals surface area contributed by atoms with E-state index in [9.17, 15) is 23.5 Å². The number of amides is 2. The monoisotopic (exact) mass is 427 g/mol. The minimum absolute atomic E-state index is 0.0196. The zero-order valence-corrected chi connectivity index (χ0v) is 16.5. The van der Waals surface area contributed by atoms with E-state index in [1.807, 2.05) is 0 Å². The lowest BCUT2D eigenvalue weighted by molar-refractivity contribution is 0.159. The normalized spacial score (nSPS) is 15.8. The average molecular weight is 427 g/mol. The molecule has 1 aliphatic heterocycles. The van der Waals surface area contributed by atoms with E-state index < -0.39 is 29.4 Å². The Morgan fingerprint density at radius 1 is 1.29 bits per heavy atom. The second-order valence-corrected chi connectivity index (χ2v) is 7.25. The molecule has 0 radical (unpaired) electrons. The van der Waals surface area contributed by atoms with Gasteiger partial charge in [0.25, 0.3) is 0 Å². The lowest BCUT2D eigenvalue weighted by Gasteiger charge is -2.29. The number of hydrogen-bond donors (Lipinski definition) is 3. The van der Waals surface area contributed by atoms with Gasteiger partial charge in [-0.3, -0.25) is 4.98 Å². The molecule has 10 heteroatoms. The van der Waals surface area contributed by atoms with Gasteiger partial charge in [0.05, 0.1) is 12.6 Å². The molecule has 3 N–H and O–H groups in total. The third-order valence-electron chi connectivity index (χ3n) is 5.03. The molecule has 4 rings (SSSR count). The first-order valence-electron chi connectivity index (χ1n) is 9.42. The summed E-state index contributed by atoms with van der Waals surface area (Å²) in [5.74, 6) is -0.890. The number of benzene rings is 2. The van der Waals surface area contributed by atoms with Crippen LogP contribution >= 0.6 is 0 Å². The molecular formula is C21H19F2N5O3. The first-order valence-corrected chi connectivity index (χ1v) is 9.42. The number of carbonyl (C=O) groups excluding carboxylic acids is 1. The molecule has 2 amide bonds. The van der Waals surface area contributed by atoms with Crippen LogP contribution in [0.25, 0.3) is 5.57 Å². The SMILES string of the molecule is CN(Cc1n[nH]c(=O)[nH]1)C(=O)N1CC(c2cc(F)ccc2F)=CC1c1cccc(O)c1. The zero-order valence-electron chi connectivity index (χ0n) is 16.5. The van der Waals surface area contributed by atoms with Crippen LogP contribution in [0.3, 0.4) is 0 Å². The van der Waals surface area contributed by atoms with Crippen molar-refractivity contribution in [1.29, 1.82) is 0 Å². The molecule has 8 nitrogen and oxygen atoms in total. The molecule has 31 heavy (non-hydrogen) atoms. The van der Waals surface area contributed by atoms with Gasteiger partial charge in [0.1, 0.15) is 17.4 Å². The molecular weight excluding hydrogens is 408 g/mol. The number of aromatic hydroxyl groups is 1. The summed E-state index contributed by atoms with van der Waals surface area (Å²) in [6, 6.07) is 8.52. The number of nitrogens with zero attached hydrogens (tertiary/aromatic N) is 3. The lowest BCUT2D eigenvalue weighted by Crippen LogP contribution is -2.41. The van der Waals surface area contributed by atoms with Crippen molar-refractivity contribution in [1.82, 2.24) is 25.0 Å². The fourth-order valence-electron chi connectivity index (χ4n) is 3.60. The molecule has 1 aromatic heterocycles. The molecule has 2 aromatic carbocycles. The maximum Gasteiger partial charge on any atom is 0.340 e. The standard InChI is InChI=1S/C21H19F2N5O3/c1-27(11-19-24-20(30)26-25-19)21(31)28-10-13(16-9-14(22)5-6-17(16)23)8-18(28)12-3-2-4-15(29)7-12/h2-9,18,29H,10-11H2,1H3,(H2,24,25,26,30). The number of halogens is 2. The first-order chi connectivity index (χ1) is 14.8. The van der Waals surface area contributed by atoms with E-state index in [0.29, 0.717) is 11.1 Å². The third kappa shape index (κ3) is 4.18. The largest absolute Gasteiger partial charge is 0.508 e. The van der Waals surface area contributed by atoms with Gasteiger partial charge < -0.3 is 14.9 Å². The van der Waals surface area contributed by atoms with Crippen molar-refractivity contribution < 1.29 is 18.7 Å². The van der Waals surface area contributed by atoms with E-state index in [0.717, 1.165) is 18.2 Å². The molecule has 160 valence electrons. The number of rotatable bonds is 4. The zero-order chi connectivity index (χ0) is 22.1. The Hall–Kier alpha value is -3.95. The lowest BCUT2D eigenvalue weighted by atomic mass is 10.0. The van der Waals surface area contributed by atoms with Crippen molar-refractivity contribution in [2.45, 2.75) is 12.6 Å². The number of phenols is 1. The van der Waals surface area contributed by atoms with Gasteiger partial charge in [0.2, 0.25) is 0 Å². The Morgan fingerprint density at radius 3 is 2.81 bits per heavy atom. The van der Waals surface area contributed by atoms with Crippen LogP contribution in [0, 0.1) is 11.6 Å². The Kier molecular flexibility index (Phi) is 5.28. The van der Waals surface area contributed by atoms with Gasteiger partial charge >= 0.3 is 11.7 Å². The summed E-state index contributed by atoms with van der Waals surface area (Å²) in [6.07, 6.45) is 1.68. The molecule has 0 spiro atoms. The molecule has 1 unspecified atom stereocenters. The highest BCUT2D eigenvalue weighted by molar-refractivity contribution is 5.82. The van der Waals surface area contributed by atoms with Gasteiger partial charge in [-0.05, 0) is 41.5 Å². The highest BCUT2D eigenvalue weighted by Crippen LogP contribution is 2.37. The van der Waals surface area contributed by atoms with Crippen LogP contribution in [-0.4, -0.2) is 49.7 Å².